The molecule has 0 radical (unpaired) electrons. The predicted octanol–water partition coefficient (Wildman–Crippen LogP) is 3.20. The van der Waals surface area contributed by atoms with Crippen molar-refractivity contribution in [3.05, 3.63) is 59.7 Å². The average molecular weight is 368 g/mol. The molecule has 1 fully saturated rings. The quantitative estimate of drug-likeness (QED) is 0.750. The fraction of sp³-hybridized carbons (Fsp3) is 0.409. The lowest BCUT2D eigenvalue weighted by molar-refractivity contribution is -0.122. The van der Waals surface area contributed by atoms with E-state index in [1.807, 2.05) is 48.5 Å². The number of para-hydroxylation sites is 1. The molecule has 27 heavy (non-hydrogen) atoms. The van der Waals surface area contributed by atoms with Crippen molar-refractivity contribution in [3.63, 3.8) is 0 Å². The summed E-state index contributed by atoms with van der Waals surface area (Å²) in [6, 6.07) is 15.0. The minimum atomic E-state index is -0.586. The van der Waals surface area contributed by atoms with E-state index in [9.17, 15) is 4.79 Å². The number of carbonyl (C=O) groups excluding carboxylic acids is 1. The van der Waals surface area contributed by atoms with E-state index >= 15 is 0 Å². The third-order valence-corrected chi connectivity index (χ3v) is 4.96. The molecule has 1 aliphatic rings. The van der Waals surface area contributed by atoms with E-state index in [1.165, 1.54) is 12.8 Å². The van der Waals surface area contributed by atoms with Crippen LogP contribution in [0.3, 0.4) is 0 Å². The van der Waals surface area contributed by atoms with E-state index in [1.54, 1.807) is 7.11 Å². The molecular formula is C22H28N2O3. The van der Waals surface area contributed by atoms with E-state index in [-0.39, 0.29) is 12.0 Å². The van der Waals surface area contributed by atoms with Gasteiger partial charge in [0, 0.05) is 12.1 Å². The van der Waals surface area contributed by atoms with Gasteiger partial charge in [-0.3, -0.25) is 4.79 Å². The number of hydrogen-bond donors (Lipinski definition) is 2. The van der Waals surface area contributed by atoms with E-state index < -0.39 is 6.04 Å². The van der Waals surface area contributed by atoms with Crippen LogP contribution in [0.1, 0.15) is 36.8 Å². The zero-order valence-electron chi connectivity index (χ0n) is 15.8. The molecule has 5 heteroatoms. The molecule has 1 aliphatic carbocycles. The Bertz CT molecular complexity index is 742. The Morgan fingerprint density at radius 3 is 2.59 bits per heavy atom. The number of benzene rings is 2. The van der Waals surface area contributed by atoms with Crippen molar-refractivity contribution in [2.24, 2.45) is 5.73 Å². The number of methoxy groups -OCH3 is 1. The molecule has 1 amide bonds. The van der Waals surface area contributed by atoms with Gasteiger partial charge in [-0.15, -0.1) is 0 Å². The molecule has 144 valence electrons. The maximum atomic E-state index is 12.4. The second-order valence-electron chi connectivity index (χ2n) is 6.99. The first-order chi connectivity index (χ1) is 13.2. The molecule has 0 aliphatic heterocycles. The summed E-state index contributed by atoms with van der Waals surface area (Å²) in [5.41, 5.74) is 8.02. The second-order valence-corrected chi connectivity index (χ2v) is 6.99. The van der Waals surface area contributed by atoms with Gasteiger partial charge >= 0.3 is 0 Å². The molecule has 0 saturated heterocycles. The van der Waals surface area contributed by atoms with E-state index in [4.69, 9.17) is 15.2 Å². The summed E-state index contributed by atoms with van der Waals surface area (Å²) in [7, 11) is 1.63. The summed E-state index contributed by atoms with van der Waals surface area (Å²) in [6.07, 6.45) is 5.24. The van der Waals surface area contributed by atoms with Crippen LogP contribution in [0.15, 0.2) is 48.5 Å². The van der Waals surface area contributed by atoms with E-state index in [0.29, 0.717) is 18.7 Å². The fourth-order valence-electron chi connectivity index (χ4n) is 3.44. The molecule has 0 heterocycles. The van der Waals surface area contributed by atoms with Gasteiger partial charge < -0.3 is 20.5 Å². The van der Waals surface area contributed by atoms with Crippen molar-refractivity contribution < 1.29 is 14.3 Å². The van der Waals surface area contributed by atoms with Crippen molar-refractivity contribution in [2.45, 2.75) is 50.8 Å². The summed E-state index contributed by atoms with van der Waals surface area (Å²) >= 11 is 0. The highest BCUT2D eigenvalue weighted by Gasteiger charge is 2.21. The van der Waals surface area contributed by atoms with Gasteiger partial charge in [0.05, 0.1) is 19.3 Å². The summed E-state index contributed by atoms with van der Waals surface area (Å²) in [4.78, 5) is 12.4. The monoisotopic (exact) mass is 368 g/mol. The zero-order chi connectivity index (χ0) is 19.1. The topological polar surface area (TPSA) is 73.6 Å². The smallest absolute Gasteiger partial charge is 0.237 e. The van der Waals surface area contributed by atoms with Crippen molar-refractivity contribution in [1.82, 2.24) is 5.32 Å². The molecule has 2 aromatic carbocycles. The maximum Gasteiger partial charge on any atom is 0.237 e. The molecule has 5 nitrogen and oxygen atoms in total. The van der Waals surface area contributed by atoms with Gasteiger partial charge in [0.2, 0.25) is 5.91 Å². The summed E-state index contributed by atoms with van der Waals surface area (Å²) in [5, 5.41) is 2.94. The van der Waals surface area contributed by atoms with Gasteiger partial charge in [-0.05, 0) is 43.7 Å². The molecule has 1 saturated carbocycles. The molecule has 0 spiro atoms. The molecular weight excluding hydrogens is 340 g/mol. The molecule has 1 atom stereocenters. The zero-order valence-corrected chi connectivity index (χ0v) is 15.8. The van der Waals surface area contributed by atoms with Crippen molar-refractivity contribution in [3.8, 4) is 11.5 Å². The van der Waals surface area contributed by atoms with Crippen molar-refractivity contribution >= 4 is 5.91 Å². The lowest BCUT2D eigenvalue weighted by atomic mass is 10.1. The van der Waals surface area contributed by atoms with Crippen molar-refractivity contribution in [1.29, 1.82) is 0 Å². The van der Waals surface area contributed by atoms with Crippen LogP contribution >= 0.6 is 0 Å². The Hall–Kier alpha value is -2.53. The standard InChI is InChI=1S/C22H28N2O3/c1-26-20-13-7-10-17(21(20)27-18-11-5-6-12-18)15-24-22(25)19(23)14-16-8-3-2-4-9-16/h2-4,7-10,13,18-19H,5-6,11-12,14-15,23H2,1H3,(H,24,25)/t19-/m0/s1. The Balaban J connectivity index is 1.63. The fourth-order valence-corrected chi connectivity index (χ4v) is 3.44. The van der Waals surface area contributed by atoms with Gasteiger partial charge in [-0.2, -0.15) is 0 Å². The third kappa shape index (κ3) is 5.23. The lowest BCUT2D eigenvalue weighted by Crippen LogP contribution is -2.41. The highest BCUT2D eigenvalue weighted by molar-refractivity contribution is 5.81. The number of carbonyl (C=O) groups is 1. The van der Waals surface area contributed by atoms with Gasteiger partial charge in [0.25, 0.3) is 0 Å². The van der Waals surface area contributed by atoms with Crippen LogP contribution < -0.4 is 20.5 Å². The molecule has 3 N–H and O–H groups in total. The molecule has 0 bridgehead atoms. The van der Waals surface area contributed by atoms with Crippen LogP contribution in [0, 0.1) is 0 Å². The second kappa shape index (κ2) is 9.42. The number of nitrogens with two attached hydrogens (primary N) is 1. The van der Waals surface area contributed by atoms with Crippen LogP contribution in [-0.4, -0.2) is 25.2 Å². The summed E-state index contributed by atoms with van der Waals surface area (Å²) < 4.78 is 11.7. The van der Waals surface area contributed by atoms with E-state index in [2.05, 4.69) is 5.32 Å². The maximum absolute atomic E-state index is 12.4. The largest absolute Gasteiger partial charge is 0.493 e. The first kappa shape index (κ1) is 19.2. The Labute approximate surface area is 160 Å². The van der Waals surface area contributed by atoms with Gasteiger partial charge in [-0.1, -0.05) is 42.5 Å². The lowest BCUT2D eigenvalue weighted by Gasteiger charge is -2.20. The first-order valence-electron chi connectivity index (χ1n) is 9.57. The number of ether oxygens (including phenoxy) is 2. The molecule has 0 aromatic heterocycles. The predicted molar refractivity (Wildman–Crippen MR) is 106 cm³/mol. The Morgan fingerprint density at radius 2 is 1.89 bits per heavy atom. The van der Waals surface area contributed by atoms with Crippen LogP contribution in [0.25, 0.3) is 0 Å². The number of amides is 1. The molecule has 2 aromatic rings. The van der Waals surface area contributed by atoms with Crippen LogP contribution in [0.2, 0.25) is 0 Å². The normalized spacial score (nSPS) is 15.3. The highest BCUT2D eigenvalue weighted by atomic mass is 16.5. The number of hydrogen-bond acceptors (Lipinski definition) is 4. The molecule has 0 unspecified atom stereocenters. The average Bonchev–Trinajstić information content (AvgIpc) is 3.20. The Morgan fingerprint density at radius 1 is 1.15 bits per heavy atom. The van der Waals surface area contributed by atoms with Gasteiger partial charge in [0.15, 0.2) is 11.5 Å². The van der Waals surface area contributed by atoms with Crippen LogP contribution in [0.4, 0.5) is 0 Å². The first-order valence-corrected chi connectivity index (χ1v) is 9.57. The summed E-state index contributed by atoms with van der Waals surface area (Å²) in [5.74, 6) is 1.25. The minimum Gasteiger partial charge on any atom is -0.493 e. The Kier molecular flexibility index (Phi) is 6.71. The van der Waals surface area contributed by atoms with Crippen LogP contribution in [-0.2, 0) is 17.8 Å². The van der Waals surface area contributed by atoms with Gasteiger partial charge in [-0.25, -0.2) is 0 Å². The number of rotatable bonds is 8. The SMILES string of the molecule is COc1cccc(CNC(=O)[C@@H](N)Cc2ccccc2)c1OC1CCCC1. The minimum absolute atomic E-state index is 0.173. The number of nitrogens with one attached hydrogen (secondary N) is 1. The highest BCUT2D eigenvalue weighted by Crippen LogP contribution is 2.34. The van der Waals surface area contributed by atoms with Crippen LogP contribution in [0.5, 0.6) is 11.5 Å². The van der Waals surface area contributed by atoms with Crippen molar-refractivity contribution in [2.75, 3.05) is 7.11 Å². The third-order valence-electron chi connectivity index (χ3n) is 4.96. The molecule has 3 rings (SSSR count). The van der Waals surface area contributed by atoms with E-state index in [0.717, 1.165) is 29.7 Å². The summed E-state index contributed by atoms with van der Waals surface area (Å²) in [6.45, 7) is 0.362. The van der Waals surface area contributed by atoms with Gasteiger partial charge in [0.1, 0.15) is 0 Å².